The zero-order valence-electron chi connectivity index (χ0n) is 11.5. The zero-order chi connectivity index (χ0) is 13.8. The van der Waals surface area contributed by atoms with Gasteiger partial charge in [0.1, 0.15) is 12.1 Å². The summed E-state index contributed by atoms with van der Waals surface area (Å²) in [6.45, 7) is 0.769. The lowest BCUT2D eigenvalue weighted by Gasteiger charge is -2.36. The topological polar surface area (TPSA) is 59.9 Å². The molecule has 1 aliphatic heterocycles. The van der Waals surface area contributed by atoms with Gasteiger partial charge in [0.2, 0.25) is 0 Å². The van der Waals surface area contributed by atoms with Gasteiger partial charge in [-0.15, -0.1) is 0 Å². The third-order valence-electron chi connectivity index (χ3n) is 3.82. The van der Waals surface area contributed by atoms with Crippen molar-refractivity contribution < 1.29 is 4.74 Å². The Labute approximate surface area is 122 Å². The van der Waals surface area contributed by atoms with Gasteiger partial charge in [-0.1, -0.05) is 0 Å². The summed E-state index contributed by atoms with van der Waals surface area (Å²) in [4.78, 5) is 12.8. The molecule has 3 heterocycles. The summed E-state index contributed by atoms with van der Waals surface area (Å²) >= 11 is 1.99. The molecule has 20 heavy (non-hydrogen) atoms. The number of nitrogens with zero attached hydrogens (tertiary/aromatic N) is 3. The van der Waals surface area contributed by atoms with Gasteiger partial charge in [-0.2, -0.15) is 11.8 Å². The molecule has 3 rings (SSSR count). The highest BCUT2D eigenvalue weighted by atomic mass is 32.2. The predicted octanol–water partition coefficient (Wildman–Crippen LogP) is 2.35. The molecule has 1 fully saturated rings. The minimum atomic E-state index is -0.0786. The molecule has 0 amide bonds. The molecular formula is C14H18N4OS. The lowest BCUT2D eigenvalue weighted by Crippen LogP contribution is -2.42. The van der Waals surface area contributed by atoms with E-state index in [4.69, 9.17) is 4.74 Å². The second-order valence-electron chi connectivity index (χ2n) is 4.95. The SMILES string of the molecule is COC1(CNc2ncnc3ncccc23)CCSCC1. The summed E-state index contributed by atoms with van der Waals surface area (Å²) in [7, 11) is 1.80. The van der Waals surface area contributed by atoms with Gasteiger partial charge in [0.05, 0.1) is 11.0 Å². The number of hydrogen-bond acceptors (Lipinski definition) is 6. The molecule has 1 saturated heterocycles. The van der Waals surface area contributed by atoms with E-state index >= 15 is 0 Å². The van der Waals surface area contributed by atoms with Crippen molar-refractivity contribution in [2.75, 3.05) is 30.5 Å². The Morgan fingerprint density at radius 1 is 1.30 bits per heavy atom. The van der Waals surface area contributed by atoms with E-state index in [-0.39, 0.29) is 5.60 Å². The fourth-order valence-corrected chi connectivity index (χ4v) is 3.71. The quantitative estimate of drug-likeness (QED) is 0.932. The van der Waals surface area contributed by atoms with Gasteiger partial charge in [-0.25, -0.2) is 15.0 Å². The monoisotopic (exact) mass is 290 g/mol. The van der Waals surface area contributed by atoms with Crippen LogP contribution in [0.2, 0.25) is 0 Å². The summed E-state index contributed by atoms with van der Waals surface area (Å²) in [5, 5.41) is 4.37. The first-order valence-electron chi connectivity index (χ1n) is 6.75. The van der Waals surface area contributed by atoms with E-state index in [9.17, 15) is 0 Å². The van der Waals surface area contributed by atoms with Crippen molar-refractivity contribution in [2.24, 2.45) is 0 Å². The van der Waals surface area contributed by atoms with Crippen molar-refractivity contribution in [2.45, 2.75) is 18.4 Å². The first-order chi connectivity index (χ1) is 9.83. The van der Waals surface area contributed by atoms with E-state index in [1.807, 2.05) is 23.9 Å². The number of fused-ring (bicyclic) bond motifs is 1. The molecule has 0 aromatic carbocycles. The van der Waals surface area contributed by atoms with Gasteiger partial charge in [0.25, 0.3) is 0 Å². The summed E-state index contributed by atoms with van der Waals surface area (Å²) in [5.41, 5.74) is 0.640. The molecule has 0 spiro atoms. The number of hydrogen-bond donors (Lipinski definition) is 1. The van der Waals surface area contributed by atoms with Crippen LogP contribution in [0.4, 0.5) is 5.82 Å². The Hall–Kier alpha value is -1.40. The van der Waals surface area contributed by atoms with Crippen LogP contribution in [0.3, 0.4) is 0 Å². The van der Waals surface area contributed by atoms with Crippen molar-refractivity contribution in [3.63, 3.8) is 0 Å². The molecule has 0 unspecified atom stereocenters. The number of methoxy groups -OCH3 is 1. The lowest BCUT2D eigenvalue weighted by molar-refractivity contribution is -0.00551. The molecule has 106 valence electrons. The van der Waals surface area contributed by atoms with Gasteiger partial charge < -0.3 is 10.1 Å². The van der Waals surface area contributed by atoms with Crippen molar-refractivity contribution in [1.82, 2.24) is 15.0 Å². The summed E-state index contributed by atoms with van der Waals surface area (Å²) in [6.07, 6.45) is 5.44. The van der Waals surface area contributed by atoms with Crippen LogP contribution in [0.25, 0.3) is 11.0 Å². The normalized spacial score (nSPS) is 18.1. The average Bonchev–Trinajstić information content (AvgIpc) is 2.54. The van der Waals surface area contributed by atoms with E-state index in [2.05, 4.69) is 20.3 Å². The van der Waals surface area contributed by atoms with Crippen LogP contribution < -0.4 is 5.32 Å². The molecule has 6 heteroatoms. The second-order valence-corrected chi connectivity index (χ2v) is 6.17. The fourth-order valence-electron chi connectivity index (χ4n) is 2.48. The summed E-state index contributed by atoms with van der Waals surface area (Å²) in [5.74, 6) is 3.14. The van der Waals surface area contributed by atoms with Gasteiger partial charge in [0, 0.05) is 19.9 Å². The molecule has 0 saturated carbocycles. The third-order valence-corrected chi connectivity index (χ3v) is 4.81. The van der Waals surface area contributed by atoms with Crippen molar-refractivity contribution in [1.29, 1.82) is 0 Å². The standard InChI is InChI=1S/C14H18N4OS/c1-19-14(4-7-20-8-5-14)9-16-13-11-3-2-6-15-12(11)17-10-18-13/h2-3,6,10H,4-5,7-9H2,1H3,(H,15,16,17,18). The van der Waals surface area contributed by atoms with Crippen molar-refractivity contribution >= 4 is 28.6 Å². The molecule has 1 N–H and O–H groups in total. The number of aromatic nitrogens is 3. The number of anilines is 1. The van der Waals surface area contributed by atoms with E-state index in [1.165, 1.54) is 0 Å². The molecule has 5 nitrogen and oxygen atoms in total. The molecule has 0 radical (unpaired) electrons. The first-order valence-corrected chi connectivity index (χ1v) is 7.91. The maximum Gasteiger partial charge on any atom is 0.164 e. The average molecular weight is 290 g/mol. The predicted molar refractivity (Wildman–Crippen MR) is 82.1 cm³/mol. The van der Waals surface area contributed by atoms with Crippen LogP contribution in [0.5, 0.6) is 0 Å². The van der Waals surface area contributed by atoms with Gasteiger partial charge in [-0.05, 0) is 36.5 Å². The molecule has 2 aromatic heterocycles. The Balaban J connectivity index is 1.79. The Morgan fingerprint density at radius 2 is 2.15 bits per heavy atom. The van der Waals surface area contributed by atoms with Crippen LogP contribution >= 0.6 is 11.8 Å². The smallest absolute Gasteiger partial charge is 0.164 e. The Morgan fingerprint density at radius 3 is 2.95 bits per heavy atom. The highest BCUT2D eigenvalue weighted by Gasteiger charge is 2.32. The fraction of sp³-hybridized carbons (Fsp3) is 0.500. The molecule has 2 aromatic rings. The van der Waals surface area contributed by atoms with E-state index in [0.29, 0.717) is 0 Å². The van der Waals surface area contributed by atoms with Crippen LogP contribution in [0.15, 0.2) is 24.7 Å². The highest BCUT2D eigenvalue weighted by molar-refractivity contribution is 7.99. The molecular weight excluding hydrogens is 272 g/mol. The van der Waals surface area contributed by atoms with Crippen molar-refractivity contribution in [3.8, 4) is 0 Å². The summed E-state index contributed by atoms with van der Waals surface area (Å²) < 4.78 is 5.78. The molecule has 1 aliphatic rings. The zero-order valence-corrected chi connectivity index (χ0v) is 12.3. The Bertz CT molecular complexity index is 581. The van der Waals surface area contributed by atoms with Crippen LogP contribution in [-0.2, 0) is 4.74 Å². The van der Waals surface area contributed by atoms with Gasteiger partial charge in [0.15, 0.2) is 5.65 Å². The minimum Gasteiger partial charge on any atom is -0.376 e. The lowest BCUT2D eigenvalue weighted by atomic mass is 9.96. The highest BCUT2D eigenvalue weighted by Crippen LogP contribution is 2.30. The van der Waals surface area contributed by atoms with Crippen LogP contribution in [0.1, 0.15) is 12.8 Å². The maximum atomic E-state index is 5.78. The van der Waals surface area contributed by atoms with Gasteiger partial charge >= 0.3 is 0 Å². The molecule has 0 atom stereocenters. The largest absolute Gasteiger partial charge is 0.376 e. The summed E-state index contributed by atoms with van der Waals surface area (Å²) in [6, 6.07) is 3.89. The Kier molecular flexibility index (Phi) is 4.03. The first kappa shape index (κ1) is 13.6. The van der Waals surface area contributed by atoms with E-state index in [1.54, 1.807) is 19.6 Å². The number of ether oxygens (including phenoxy) is 1. The van der Waals surface area contributed by atoms with Crippen LogP contribution in [0, 0.1) is 0 Å². The number of nitrogens with one attached hydrogen (secondary N) is 1. The van der Waals surface area contributed by atoms with E-state index < -0.39 is 0 Å². The second kappa shape index (κ2) is 5.93. The molecule has 0 aliphatic carbocycles. The number of pyridine rings is 1. The van der Waals surface area contributed by atoms with Gasteiger partial charge in [-0.3, -0.25) is 0 Å². The minimum absolute atomic E-state index is 0.0786. The van der Waals surface area contributed by atoms with Crippen molar-refractivity contribution in [3.05, 3.63) is 24.7 Å². The molecule has 0 bridgehead atoms. The third kappa shape index (κ3) is 2.71. The number of rotatable bonds is 4. The maximum absolute atomic E-state index is 5.78. The van der Waals surface area contributed by atoms with Crippen LogP contribution in [-0.4, -0.2) is 45.7 Å². The number of thioether (sulfide) groups is 1. The van der Waals surface area contributed by atoms with E-state index in [0.717, 1.165) is 47.7 Å².